The van der Waals surface area contributed by atoms with Gasteiger partial charge in [0, 0.05) is 11.8 Å². The molecule has 1 heterocycles. The maximum atomic E-state index is 11.4. The van der Waals surface area contributed by atoms with Crippen LogP contribution in [0.15, 0.2) is 18.2 Å². The molecule has 0 atom stereocenters. The Hall–Kier alpha value is -0.840. The highest BCUT2D eigenvalue weighted by Crippen LogP contribution is 2.35. The SMILES string of the molecule is O=C(Nc1ccc2c(c1)OCO2)C(Cl)(Cl)Cl. The Labute approximate surface area is 106 Å². The summed E-state index contributed by atoms with van der Waals surface area (Å²) in [7, 11) is 0. The van der Waals surface area contributed by atoms with Gasteiger partial charge in [-0.25, -0.2) is 0 Å². The second-order valence-corrected chi connectivity index (χ2v) is 5.30. The molecule has 1 aliphatic rings. The van der Waals surface area contributed by atoms with Crippen molar-refractivity contribution in [3.05, 3.63) is 18.2 Å². The third kappa shape index (κ3) is 2.45. The third-order valence-electron chi connectivity index (χ3n) is 1.89. The second kappa shape index (κ2) is 4.20. The van der Waals surface area contributed by atoms with E-state index in [0.717, 1.165) is 0 Å². The van der Waals surface area contributed by atoms with Crippen molar-refractivity contribution < 1.29 is 14.3 Å². The van der Waals surface area contributed by atoms with Crippen LogP contribution in [0.1, 0.15) is 0 Å². The van der Waals surface area contributed by atoms with Gasteiger partial charge in [-0.05, 0) is 12.1 Å². The van der Waals surface area contributed by atoms with E-state index in [9.17, 15) is 4.79 Å². The van der Waals surface area contributed by atoms with Gasteiger partial charge < -0.3 is 14.8 Å². The number of nitrogens with one attached hydrogen (secondary N) is 1. The summed E-state index contributed by atoms with van der Waals surface area (Å²) in [5, 5.41) is 2.44. The maximum absolute atomic E-state index is 11.4. The first-order chi connectivity index (χ1) is 7.47. The molecule has 1 aromatic carbocycles. The van der Waals surface area contributed by atoms with Crippen molar-refractivity contribution in [3.8, 4) is 11.5 Å². The predicted octanol–water partition coefficient (Wildman–Crippen LogP) is 2.72. The number of rotatable bonds is 1. The first-order valence-corrected chi connectivity index (χ1v) is 5.38. The molecule has 0 radical (unpaired) electrons. The largest absolute Gasteiger partial charge is 0.454 e. The standard InChI is InChI=1S/C9H6Cl3NO3/c10-9(11,12)8(14)13-5-1-2-6-7(3-5)16-4-15-6/h1-3H,4H2,(H,13,14). The molecule has 1 aromatic rings. The predicted molar refractivity (Wildman–Crippen MR) is 61.5 cm³/mol. The molecule has 7 heteroatoms. The summed E-state index contributed by atoms with van der Waals surface area (Å²) in [5.74, 6) is 0.436. The summed E-state index contributed by atoms with van der Waals surface area (Å²) in [5.41, 5.74) is 0.473. The van der Waals surface area contributed by atoms with E-state index < -0.39 is 9.70 Å². The zero-order valence-electron chi connectivity index (χ0n) is 7.80. The minimum absolute atomic E-state index is 0.164. The summed E-state index contributed by atoms with van der Waals surface area (Å²) in [6.07, 6.45) is 0. The van der Waals surface area contributed by atoms with Crippen LogP contribution in [0.25, 0.3) is 0 Å². The van der Waals surface area contributed by atoms with Gasteiger partial charge in [-0.15, -0.1) is 0 Å². The fourth-order valence-electron chi connectivity index (χ4n) is 1.18. The van der Waals surface area contributed by atoms with Crippen molar-refractivity contribution in [3.63, 3.8) is 0 Å². The number of hydrogen-bond acceptors (Lipinski definition) is 3. The van der Waals surface area contributed by atoms with Crippen LogP contribution >= 0.6 is 34.8 Å². The molecule has 2 rings (SSSR count). The lowest BCUT2D eigenvalue weighted by atomic mass is 10.3. The Kier molecular flexibility index (Phi) is 3.06. The van der Waals surface area contributed by atoms with Crippen LogP contribution in [-0.4, -0.2) is 16.5 Å². The number of anilines is 1. The second-order valence-electron chi connectivity index (χ2n) is 3.02. The monoisotopic (exact) mass is 281 g/mol. The normalized spacial score (nSPS) is 13.7. The topological polar surface area (TPSA) is 47.6 Å². The van der Waals surface area contributed by atoms with Crippen LogP contribution in [0.2, 0.25) is 0 Å². The van der Waals surface area contributed by atoms with E-state index in [4.69, 9.17) is 44.3 Å². The molecular weight excluding hydrogens is 276 g/mol. The van der Waals surface area contributed by atoms with Gasteiger partial charge in [0.05, 0.1) is 0 Å². The maximum Gasteiger partial charge on any atom is 0.276 e. The Morgan fingerprint density at radius 3 is 2.62 bits per heavy atom. The Morgan fingerprint density at radius 2 is 1.94 bits per heavy atom. The van der Waals surface area contributed by atoms with Gasteiger partial charge in [-0.1, -0.05) is 34.8 Å². The highest BCUT2D eigenvalue weighted by atomic mass is 35.6. The number of hydrogen-bond donors (Lipinski definition) is 1. The fraction of sp³-hybridized carbons (Fsp3) is 0.222. The van der Waals surface area contributed by atoms with Gasteiger partial charge in [0.15, 0.2) is 11.5 Å². The molecular formula is C9H6Cl3NO3. The molecule has 0 bridgehead atoms. The first-order valence-electron chi connectivity index (χ1n) is 4.24. The number of amides is 1. The van der Waals surface area contributed by atoms with Crippen molar-refractivity contribution in [2.75, 3.05) is 12.1 Å². The highest BCUT2D eigenvalue weighted by molar-refractivity contribution is 6.76. The zero-order valence-corrected chi connectivity index (χ0v) is 10.1. The number of benzene rings is 1. The van der Waals surface area contributed by atoms with E-state index in [1.807, 2.05) is 0 Å². The molecule has 1 N–H and O–H groups in total. The fourth-order valence-corrected chi connectivity index (χ4v) is 1.32. The highest BCUT2D eigenvalue weighted by Gasteiger charge is 2.30. The van der Waals surface area contributed by atoms with Gasteiger partial charge >= 0.3 is 0 Å². The Bertz CT molecular complexity index is 430. The van der Waals surface area contributed by atoms with Crippen LogP contribution in [0.4, 0.5) is 5.69 Å². The van der Waals surface area contributed by atoms with Gasteiger partial charge in [0.2, 0.25) is 6.79 Å². The lowest BCUT2D eigenvalue weighted by molar-refractivity contribution is -0.115. The summed E-state index contributed by atoms with van der Waals surface area (Å²) < 4.78 is 8.26. The van der Waals surface area contributed by atoms with Gasteiger partial charge in [0.1, 0.15) is 0 Å². The average molecular weight is 283 g/mol. The quantitative estimate of drug-likeness (QED) is 0.806. The molecule has 86 valence electrons. The van der Waals surface area contributed by atoms with E-state index in [1.165, 1.54) is 0 Å². The minimum atomic E-state index is -1.99. The molecule has 0 saturated heterocycles. The lowest BCUT2D eigenvalue weighted by Crippen LogP contribution is -2.26. The number of fused-ring (bicyclic) bond motifs is 1. The van der Waals surface area contributed by atoms with Crippen LogP contribution < -0.4 is 14.8 Å². The van der Waals surface area contributed by atoms with Crippen LogP contribution in [-0.2, 0) is 4.79 Å². The Morgan fingerprint density at radius 1 is 1.25 bits per heavy atom. The number of halogens is 3. The van der Waals surface area contributed by atoms with Crippen molar-refractivity contribution >= 4 is 46.4 Å². The van der Waals surface area contributed by atoms with E-state index in [1.54, 1.807) is 18.2 Å². The molecule has 1 aliphatic heterocycles. The van der Waals surface area contributed by atoms with Crippen LogP contribution in [0, 0.1) is 0 Å². The van der Waals surface area contributed by atoms with Crippen LogP contribution in [0.5, 0.6) is 11.5 Å². The summed E-state index contributed by atoms with van der Waals surface area (Å²) in [6, 6.07) is 4.88. The number of carbonyl (C=O) groups is 1. The summed E-state index contributed by atoms with van der Waals surface area (Å²) >= 11 is 16.2. The molecule has 0 aliphatic carbocycles. The van der Waals surface area contributed by atoms with E-state index in [0.29, 0.717) is 17.2 Å². The van der Waals surface area contributed by atoms with Crippen molar-refractivity contribution in [2.24, 2.45) is 0 Å². The molecule has 0 unspecified atom stereocenters. The molecule has 4 nitrogen and oxygen atoms in total. The van der Waals surface area contributed by atoms with E-state index in [2.05, 4.69) is 5.32 Å². The number of ether oxygens (including phenoxy) is 2. The van der Waals surface area contributed by atoms with E-state index >= 15 is 0 Å². The lowest BCUT2D eigenvalue weighted by Gasteiger charge is -2.11. The van der Waals surface area contributed by atoms with Crippen molar-refractivity contribution in [2.45, 2.75) is 3.79 Å². The molecule has 0 fully saturated rings. The Balaban J connectivity index is 2.14. The van der Waals surface area contributed by atoms with Gasteiger partial charge in [-0.3, -0.25) is 4.79 Å². The first kappa shape index (κ1) is 11.6. The number of carbonyl (C=O) groups excluding carboxylic acids is 1. The van der Waals surface area contributed by atoms with Crippen LogP contribution in [0.3, 0.4) is 0 Å². The smallest absolute Gasteiger partial charge is 0.276 e. The van der Waals surface area contributed by atoms with Crippen molar-refractivity contribution in [1.82, 2.24) is 0 Å². The molecule has 0 spiro atoms. The van der Waals surface area contributed by atoms with Gasteiger partial charge in [-0.2, -0.15) is 0 Å². The summed E-state index contributed by atoms with van der Waals surface area (Å²) in [6.45, 7) is 0.164. The molecule has 16 heavy (non-hydrogen) atoms. The van der Waals surface area contributed by atoms with E-state index in [-0.39, 0.29) is 6.79 Å². The van der Waals surface area contributed by atoms with Gasteiger partial charge in [0.25, 0.3) is 9.70 Å². The molecule has 1 amide bonds. The van der Waals surface area contributed by atoms with Crippen molar-refractivity contribution in [1.29, 1.82) is 0 Å². The third-order valence-corrected chi connectivity index (χ3v) is 2.40. The molecule has 0 saturated carbocycles. The zero-order chi connectivity index (χ0) is 11.8. The summed E-state index contributed by atoms with van der Waals surface area (Å²) in [4.78, 5) is 11.4. The number of alkyl halides is 3. The minimum Gasteiger partial charge on any atom is -0.454 e. The molecule has 0 aromatic heterocycles. The average Bonchev–Trinajstić information content (AvgIpc) is 2.63.